The highest BCUT2D eigenvalue weighted by molar-refractivity contribution is 7.12. The van der Waals surface area contributed by atoms with Crippen LogP contribution in [0.1, 0.15) is 20.8 Å². The van der Waals surface area contributed by atoms with Gasteiger partial charge in [-0.15, -0.1) is 11.3 Å². The van der Waals surface area contributed by atoms with E-state index in [0.29, 0.717) is 22.7 Å². The number of thiophene rings is 1. The zero-order valence-electron chi connectivity index (χ0n) is 15.8. The molecule has 3 aromatic rings. The number of amides is 2. The van der Waals surface area contributed by atoms with Crippen LogP contribution < -0.4 is 15.4 Å². The standard InChI is InChI=1S/C22H22N2O3S/c1-15-17(10-6-11-19(15)27-2)23-21(25)18(14-16-8-4-3-5-9-16)24-22(26)20-12-7-13-28-20/h3-13,18H,14H2,1-2H3,(H,23,25)(H,24,26)/t18-/m1/s1. The van der Waals surface area contributed by atoms with Crippen molar-refractivity contribution < 1.29 is 14.3 Å². The number of hydrogen-bond acceptors (Lipinski definition) is 4. The highest BCUT2D eigenvalue weighted by Crippen LogP contribution is 2.25. The highest BCUT2D eigenvalue weighted by Gasteiger charge is 2.23. The molecule has 1 atom stereocenters. The van der Waals surface area contributed by atoms with Gasteiger partial charge in [-0.2, -0.15) is 0 Å². The minimum absolute atomic E-state index is 0.256. The molecular formula is C22H22N2O3S. The van der Waals surface area contributed by atoms with E-state index in [9.17, 15) is 9.59 Å². The smallest absolute Gasteiger partial charge is 0.262 e. The molecule has 1 aromatic heterocycles. The molecule has 0 saturated heterocycles. The molecular weight excluding hydrogens is 372 g/mol. The molecule has 0 aliphatic rings. The average Bonchev–Trinajstić information content (AvgIpc) is 3.25. The van der Waals surface area contributed by atoms with Crippen LogP contribution in [0.4, 0.5) is 5.69 Å². The summed E-state index contributed by atoms with van der Waals surface area (Å²) < 4.78 is 5.32. The maximum absolute atomic E-state index is 13.0. The predicted octanol–water partition coefficient (Wildman–Crippen LogP) is 4.04. The summed E-state index contributed by atoms with van der Waals surface area (Å²) in [6.45, 7) is 1.88. The number of rotatable bonds is 7. The fraction of sp³-hybridized carbons (Fsp3) is 0.182. The summed E-state index contributed by atoms with van der Waals surface area (Å²) >= 11 is 1.34. The van der Waals surface area contributed by atoms with Crippen molar-refractivity contribution in [3.63, 3.8) is 0 Å². The second kappa shape index (κ2) is 9.19. The predicted molar refractivity (Wildman–Crippen MR) is 112 cm³/mol. The molecule has 28 heavy (non-hydrogen) atoms. The van der Waals surface area contributed by atoms with E-state index in [1.807, 2.05) is 66.9 Å². The zero-order valence-corrected chi connectivity index (χ0v) is 16.6. The molecule has 6 heteroatoms. The number of methoxy groups -OCH3 is 1. The van der Waals surface area contributed by atoms with Gasteiger partial charge < -0.3 is 15.4 Å². The summed E-state index contributed by atoms with van der Waals surface area (Å²) in [5, 5.41) is 7.62. The van der Waals surface area contributed by atoms with Crippen molar-refractivity contribution in [2.24, 2.45) is 0 Å². The number of carbonyl (C=O) groups is 2. The normalized spacial score (nSPS) is 11.5. The lowest BCUT2D eigenvalue weighted by molar-refractivity contribution is -0.118. The molecule has 0 radical (unpaired) electrons. The van der Waals surface area contributed by atoms with Crippen molar-refractivity contribution in [1.82, 2.24) is 5.32 Å². The molecule has 3 rings (SSSR count). The van der Waals surface area contributed by atoms with Gasteiger partial charge >= 0.3 is 0 Å². The van der Waals surface area contributed by atoms with Crippen LogP contribution in [0.5, 0.6) is 5.75 Å². The summed E-state index contributed by atoms with van der Waals surface area (Å²) in [5.41, 5.74) is 2.46. The molecule has 5 nitrogen and oxygen atoms in total. The van der Waals surface area contributed by atoms with Crippen LogP contribution in [0.15, 0.2) is 66.0 Å². The first-order chi connectivity index (χ1) is 13.6. The van der Waals surface area contributed by atoms with Crippen molar-refractivity contribution >= 4 is 28.8 Å². The van der Waals surface area contributed by atoms with Crippen LogP contribution in [-0.4, -0.2) is 25.0 Å². The van der Waals surface area contributed by atoms with E-state index >= 15 is 0 Å². The highest BCUT2D eigenvalue weighted by atomic mass is 32.1. The average molecular weight is 394 g/mol. The maximum atomic E-state index is 13.0. The molecule has 2 N–H and O–H groups in total. The Morgan fingerprint density at radius 3 is 2.50 bits per heavy atom. The van der Waals surface area contributed by atoms with Crippen LogP contribution >= 0.6 is 11.3 Å². The van der Waals surface area contributed by atoms with Crippen molar-refractivity contribution in [2.45, 2.75) is 19.4 Å². The number of ether oxygens (including phenoxy) is 1. The Bertz CT molecular complexity index is 940. The van der Waals surface area contributed by atoms with Crippen LogP contribution in [0, 0.1) is 6.92 Å². The molecule has 2 amide bonds. The lowest BCUT2D eigenvalue weighted by Crippen LogP contribution is -2.45. The molecule has 0 aliphatic carbocycles. The van der Waals surface area contributed by atoms with Gasteiger partial charge in [-0.1, -0.05) is 42.5 Å². The maximum Gasteiger partial charge on any atom is 0.262 e. The SMILES string of the molecule is COc1cccc(NC(=O)[C@@H](Cc2ccccc2)NC(=O)c2cccs2)c1C. The first-order valence-corrected chi connectivity index (χ1v) is 9.79. The third kappa shape index (κ3) is 4.78. The van der Waals surface area contributed by atoms with Gasteiger partial charge in [0.05, 0.1) is 12.0 Å². The summed E-state index contributed by atoms with van der Waals surface area (Å²) in [6, 6.07) is 17.9. The van der Waals surface area contributed by atoms with Crippen LogP contribution in [0.2, 0.25) is 0 Å². The number of benzene rings is 2. The largest absolute Gasteiger partial charge is 0.496 e. The van der Waals surface area contributed by atoms with Gasteiger partial charge in [0.2, 0.25) is 5.91 Å². The van der Waals surface area contributed by atoms with E-state index in [1.165, 1.54) is 11.3 Å². The first-order valence-electron chi connectivity index (χ1n) is 8.91. The second-order valence-corrected chi connectivity index (χ2v) is 7.26. The van der Waals surface area contributed by atoms with E-state index in [2.05, 4.69) is 10.6 Å². The van der Waals surface area contributed by atoms with E-state index in [4.69, 9.17) is 4.74 Å². The van der Waals surface area contributed by atoms with Gasteiger partial charge in [0.15, 0.2) is 0 Å². The summed E-state index contributed by atoms with van der Waals surface area (Å²) in [6.07, 6.45) is 0.396. The molecule has 144 valence electrons. The molecule has 2 aromatic carbocycles. The van der Waals surface area contributed by atoms with Gasteiger partial charge in [-0.3, -0.25) is 9.59 Å². The Morgan fingerprint density at radius 1 is 1.04 bits per heavy atom. The minimum atomic E-state index is -0.706. The zero-order chi connectivity index (χ0) is 19.9. The number of carbonyl (C=O) groups excluding carboxylic acids is 2. The van der Waals surface area contributed by atoms with Crippen LogP contribution in [0.25, 0.3) is 0 Å². The minimum Gasteiger partial charge on any atom is -0.496 e. The summed E-state index contributed by atoms with van der Waals surface area (Å²) in [4.78, 5) is 26.1. The fourth-order valence-corrected chi connectivity index (χ4v) is 3.51. The molecule has 0 spiro atoms. The van der Waals surface area contributed by atoms with Crippen molar-refractivity contribution in [3.05, 3.63) is 82.0 Å². The van der Waals surface area contributed by atoms with Crippen LogP contribution in [0.3, 0.4) is 0 Å². The summed E-state index contributed by atoms with van der Waals surface area (Å²) in [5.74, 6) is 0.165. The van der Waals surface area contributed by atoms with Gasteiger partial charge in [0.1, 0.15) is 11.8 Å². The molecule has 0 aliphatic heterocycles. The van der Waals surface area contributed by atoms with Gasteiger partial charge in [0, 0.05) is 17.7 Å². The lowest BCUT2D eigenvalue weighted by atomic mass is 10.0. The molecule has 0 bridgehead atoms. The topological polar surface area (TPSA) is 67.4 Å². The fourth-order valence-electron chi connectivity index (χ4n) is 2.89. The molecule has 0 unspecified atom stereocenters. The second-order valence-electron chi connectivity index (χ2n) is 6.32. The lowest BCUT2D eigenvalue weighted by Gasteiger charge is -2.19. The van der Waals surface area contributed by atoms with Crippen LogP contribution in [-0.2, 0) is 11.2 Å². The van der Waals surface area contributed by atoms with Crippen molar-refractivity contribution in [1.29, 1.82) is 0 Å². The van der Waals surface area contributed by atoms with Gasteiger partial charge in [0.25, 0.3) is 5.91 Å². The Morgan fingerprint density at radius 2 is 1.82 bits per heavy atom. The molecule has 0 saturated carbocycles. The quantitative estimate of drug-likeness (QED) is 0.635. The van der Waals surface area contributed by atoms with E-state index < -0.39 is 6.04 Å². The number of anilines is 1. The van der Waals surface area contributed by atoms with E-state index in [1.54, 1.807) is 13.2 Å². The first kappa shape index (κ1) is 19.6. The van der Waals surface area contributed by atoms with Gasteiger partial charge in [-0.25, -0.2) is 0 Å². The Hall–Kier alpha value is -3.12. The number of nitrogens with one attached hydrogen (secondary N) is 2. The third-order valence-electron chi connectivity index (χ3n) is 4.41. The molecule has 1 heterocycles. The summed E-state index contributed by atoms with van der Waals surface area (Å²) in [7, 11) is 1.59. The van der Waals surface area contributed by atoms with E-state index in [0.717, 1.165) is 11.1 Å². The van der Waals surface area contributed by atoms with E-state index in [-0.39, 0.29) is 11.8 Å². The Balaban J connectivity index is 1.81. The van der Waals surface area contributed by atoms with Gasteiger partial charge in [-0.05, 0) is 36.1 Å². The monoisotopic (exact) mass is 394 g/mol. The van der Waals surface area contributed by atoms with Crippen molar-refractivity contribution in [2.75, 3.05) is 12.4 Å². The Labute approximate surface area is 168 Å². The molecule has 0 fully saturated rings. The number of hydrogen-bond donors (Lipinski definition) is 2. The third-order valence-corrected chi connectivity index (χ3v) is 5.28. The van der Waals surface area contributed by atoms with Crippen molar-refractivity contribution in [3.8, 4) is 5.75 Å². The Kier molecular flexibility index (Phi) is 6.45.